The van der Waals surface area contributed by atoms with E-state index in [0.717, 1.165) is 24.8 Å². The van der Waals surface area contributed by atoms with Crippen molar-refractivity contribution in [3.8, 4) is 0 Å². The summed E-state index contributed by atoms with van der Waals surface area (Å²) in [4.78, 5) is 27.0. The second kappa shape index (κ2) is 5.61. The second-order valence-electron chi connectivity index (χ2n) is 8.90. The molecule has 4 nitrogen and oxygen atoms in total. The normalized spacial score (nSPS) is 27.9. The minimum atomic E-state index is -0.521. The topological polar surface area (TPSA) is 49.4 Å². The highest BCUT2D eigenvalue weighted by Crippen LogP contribution is 2.52. The summed E-state index contributed by atoms with van der Waals surface area (Å²) in [5, 5.41) is 2.77. The summed E-state index contributed by atoms with van der Waals surface area (Å²) in [5.41, 5.74) is 3.33. The van der Waals surface area contributed by atoms with Crippen LogP contribution in [0, 0.1) is 24.7 Å². The molecule has 0 aromatic heterocycles. The highest BCUT2D eigenvalue weighted by molar-refractivity contribution is 6.39. The van der Waals surface area contributed by atoms with E-state index in [9.17, 15) is 9.59 Å². The molecule has 2 aliphatic rings. The molecule has 4 heteroatoms. The summed E-state index contributed by atoms with van der Waals surface area (Å²) in [5.74, 6) is -0.910. The van der Waals surface area contributed by atoms with E-state index in [2.05, 4.69) is 26.1 Å². The Morgan fingerprint density at radius 1 is 1.12 bits per heavy atom. The van der Waals surface area contributed by atoms with Crippen molar-refractivity contribution in [2.75, 3.05) is 11.9 Å². The van der Waals surface area contributed by atoms with Crippen molar-refractivity contribution < 1.29 is 9.59 Å². The lowest BCUT2D eigenvalue weighted by atomic mass is 9.65. The monoisotopic (exact) mass is 328 g/mol. The molecule has 2 amide bonds. The predicted molar refractivity (Wildman–Crippen MR) is 95.8 cm³/mol. The molecule has 1 aromatic rings. The highest BCUT2D eigenvalue weighted by atomic mass is 16.2. The third-order valence-electron chi connectivity index (χ3n) is 5.63. The van der Waals surface area contributed by atoms with Crippen LogP contribution in [0.5, 0.6) is 0 Å². The van der Waals surface area contributed by atoms with Gasteiger partial charge in [0.15, 0.2) is 0 Å². The Balaban J connectivity index is 1.72. The Labute approximate surface area is 144 Å². The molecule has 0 spiro atoms. The van der Waals surface area contributed by atoms with Crippen molar-refractivity contribution in [1.82, 2.24) is 4.90 Å². The van der Waals surface area contributed by atoms with Crippen LogP contribution in [-0.4, -0.2) is 29.3 Å². The Bertz CT molecular complexity index is 695. The fourth-order valence-electron chi connectivity index (χ4n) is 4.83. The van der Waals surface area contributed by atoms with Crippen LogP contribution < -0.4 is 5.32 Å². The first kappa shape index (κ1) is 17.0. The Kier molecular flexibility index (Phi) is 3.97. The summed E-state index contributed by atoms with van der Waals surface area (Å²) in [6.45, 7) is 11.5. The number of benzene rings is 1. The summed E-state index contributed by atoms with van der Waals surface area (Å²) in [6, 6.07) is 5.91. The highest BCUT2D eigenvalue weighted by Gasteiger charge is 2.51. The van der Waals surface area contributed by atoms with Gasteiger partial charge in [-0.05, 0) is 67.2 Å². The van der Waals surface area contributed by atoms with Crippen LogP contribution in [0.1, 0.15) is 51.2 Å². The standard InChI is InChI=1S/C20H28N2O2/c1-13-6-7-15(8-14(13)2)21-17(23)18(24)22-12-20(5)10-16(22)9-19(3,4)11-20/h6-8,16H,9-12H2,1-5H3,(H,21,23). The number of carbonyl (C=O) groups is 2. The lowest BCUT2D eigenvalue weighted by molar-refractivity contribution is -0.144. The Morgan fingerprint density at radius 2 is 1.83 bits per heavy atom. The Morgan fingerprint density at radius 3 is 2.50 bits per heavy atom. The number of carbonyl (C=O) groups excluding carboxylic acids is 2. The van der Waals surface area contributed by atoms with Gasteiger partial charge in [0, 0.05) is 18.3 Å². The van der Waals surface area contributed by atoms with E-state index in [-0.39, 0.29) is 22.8 Å². The van der Waals surface area contributed by atoms with E-state index < -0.39 is 5.91 Å². The van der Waals surface area contributed by atoms with Crippen molar-refractivity contribution in [3.63, 3.8) is 0 Å². The molecule has 2 fully saturated rings. The maximum absolute atomic E-state index is 12.7. The van der Waals surface area contributed by atoms with Crippen LogP contribution in [0.3, 0.4) is 0 Å². The fraction of sp³-hybridized carbons (Fsp3) is 0.600. The van der Waals surface area contributed by atoms with Gasteiger partial charge in [0.25, 0.3) is 0 Å². The van der Waals surface area contributed by atoms with Crippen LogP contribution >= 0.6 is 0 Å². The maximum Gasteiger partial charge on any atom is 0.313 e. The van der Waals surface area contributed by atoms with Crippen LogP contribution in [0.25, 0.3) is 0 Å². The fourth-order valence-corrected chi connectivity index (χ4v) is 4.83. The first-order valence-electron chi connectivity index (χ1n) is 8.78. The van der Waals surface area contributed by atoms with Gasteiger partial charge < -0.3 is 10.2 Å². The van der Waals surface area contributed by atoms with Gasteiger partial charge in [-0.15, -0.1) is 0 Å². The first-order valence-corrected chi connectivity index (χ1v) is 8.78. The maximum atomic E-state index is 12.7. The van der Waals surface area contributed by atoms with Crippen molar-refractivity contribution in [1.29, 1.82) is 0 Å². The van der Waals surface area contributed by atoms with Gasteiger partial charge >= 0.3 is 11.8 Å². The van der Waals surface area contributed by atoms with Crippen molar-refractivity contribution in [2.24, 2.45) is 10.8 Å². The second-order valence-corrected chi connectivity index (χ2v) is 8.90. The van der Waals surface area contributed by atoms with Crippen molar-refractivity contribution >= 4 is 17.5 Å². The van der Waals surface area contributed by atoms with E-state index in [1.165, 1.54) is 5.56 Å². The van der Waals surface area contributed by atoms with Gasteiger partial charge in [0.05, 0.1) is 0 Å². The van der Waals surface area contributed by atoms with E-state index >= 15 is 0 Å². The number of rotatable bonds is 1. The Hall–Kier alpha value is -1.84. The number of amides is 2. The summed E-state index contributed by atoms with van der Waals surface area (Å²) < 4.78 is 0. The third-order valence-corrected chi connectivity index (χ3v) is 5.63. The molecule has 1 aliphatic carbocycles. The molecule has 3 rings (SSSR count). The lowest BCUT2D eigenvalue weighted by Gasteiger charge is -2.39. The molecular formula is C20H28N2O2. The molecule has 0 radical (unpaired) electrons. The number of likely N-dealkylation sites (tertiary alicyclic amines) is 1. The molecule has 24 heavy (non-hydrogen) atoms. The van der Waals surface area contributed by atoms with Gasteiger partial charge in [-0.25, -0.2) is 0 Å². The van der Waals surface area contributed by atoms with Crippen molar-refractivity contribution in [3.05, 3.63) is 29.3 Å². The van der Waals surface area contributed by atoms with Gasteiger partial charge in [0.2, 0.25) is 0 Å². The predicted octanol–water partition coefficient (Wildman–Crippen LogP) is 3.67. The van der Waals surface area contributed by atoms with Crippen molar-refractivity contribution in [2.45, 2.75) is 59.9 Å². The van der Waals surface area contributed by atoms with Gasteiger partial charge in [0.1, 0.15) is 0 Å². The quantitative estimate of drug-likeness (QED) is 0.800. The average Bonchev–Trinajstić information content (AvgIpc) is 2.71. The molecule has 1 aliphatic heterocycles. The molecule has 1 N–H and O–H groups in total. The molecule has 1 heterocycles. The number of anilines is 1. The molecular weight excluding hydrogens is 300 g/mol. The zero-order valence-electron chi connectivity index (χ0n) is 15.4. The van der Waals surface area contributed by atoms with Gasteiger partial charge in [-0.1, -0.05) is 26.8 Å². The first-order chi connectivity index (χ1) is 11.1. The minimum Gasteiger partial charge on any atom is -0.331 e. The number of hydrogen-bond donors (Lipinski definition) is 1. The molecule has 130 valence electrons. The summed E-state index contributed by atoms with van der Waals surface area (Å²) in [7, 11) is 0. The lowest BCUT2D eigenvalue weighted by Crippen LogP contribution is -2.43. The van der Waals surface area contributed by atoms with E-state index in [0.29, 0.717) is 12.2 Å². The number of aryl methyl sites for hydroxylation is 2. The van der Waals surface area contributed by atoms with E-state index in [1.54, 1.807) is 0 Å². The van der Waals surface area contributed by atoms with Crippen LogP contribution in [-0.2, 0) is 9.59 Å². The smallest absolute Gasteiger partial charge is 0.313 e. The SMILES string of the molecule is Cc1ccc(NC(=O)C(=O)N2CC3(C)CC2CC(C)(C)C3)cc1C. The zero-order valence-corrected chi connectivity index (χ0v) is 15.4. The number of hydrogen-bond acceptors (Lipinski definition) is 2. The number of nitrogens with zero attached hydrogens (tertiary/aromatic N) is 1. The van der Waals surface area contributed by atoms with Gasteiger partial charge in [-0.2, -0.15) is 0 Å². The summed E-state index contributed by atoms with van der Waals surface area (Å²) >= 11 is 0. The number of fused-ring (bicyclic) bond motifs is 2. The largest absolute Gasteiger partial charge is 0.331 e. The average molecular weight is 328 g/mol. The van der Waals surface area contributed by atoms with E-state index in [1.807, 2.05) is 36.9 Å². The zero-order chi connectivity index (χ0) is 17.7. The molecule has 1 saturated carbocycles. The van der Waals surface area contributed by atoms with Crippen LogP contribution in [0.15, 0.2) is 18.2 Å². The molecule has 2 bridgehead atoms. The minimum absolute atomic E-state index is 0.142. The van der Waals surface area contributed by atoms with Crippen LogP contribution in [0.2, 0.25) is 0 Å². The van der Waals surface area contributed by atoms with Gasteiger partial charge in [-0.3, -0.25) is 9.59 Å². The van der Waals surface area contributed by atoms with Crippen LogP contribution in [0.4, 0.5) is 5.69 Å². The molecule has 2 atom stereocenters. The molecule has 1 saturated heterocycles. The third kappa shape index (κ3) is 3.19. The molecule has 1 aromatic carbocycles. The molecule has 2 unspecified atom stereocenters. The summed E-state index contributed by atoms with van der Waals surface area (Å²) in [6.07, 6.45) is 3.10. The van der Waals surface area contributed by atoms with E-state index in [4.69, 9.17) is 0 Å². The number of nitrogens with one attached hydrogen (secondary N) is 1.